The van der Waals surface area contributed by atoms with Crippen molar-refractivity contribution < 1.29 is 13.9 Å². The monoisotopic (exact) mass is 471 g/mol. The van der Waals surface area contributed by atoms with Crippen LogP contribution in [-0.4, -0.2) is 56.2 Å². The van der Waals surface area contributed by atoms with E-state index in [-0.39, 0.29) is 18.3 Å². The van der Waals surface area contributed by atoms with Crippen LogP contribution in [0.15, 0.2) is 36.4 Å². The van der Waals surface area contributed by atoms with Crippen molar-refractivity contribution in [2.75, 3.05) is 43.5 Å². The van der Waals surface area contributed by atoms with Gasteiger partial charge in [0.25, 0.3) is 5.91 Å². The average molecular weight is 472 g/mol. The number of halogens is 2. The summed E-state index contributed by atoms with van der Waals surface area (Å²) in [6, 6.07) is 9.82. The fourth-order valence-electron chi connectivity index (χ4n) is 4.42. The van der Waals surface area contributed by atoms with Crippen molar-refractivity contribution >= 4 is 28.9 Å². The van der Waals surface area contributed by atoms with E-state index in [4.69, 9.17) is 22.1 Å². The van der Waals surface area contributed by atoms with E-state index in [1.165, 1.54) is 17.0 Å². The van der Waals surface area contributed by atoms with Gasteiger partial charge in [-0.25, -0.2) is 4.39 Å². The van der Waals surface area contributed by atoms with Gasteiger partial charge in [-0.1, -0.05) is 23.7 Å². The summed E-state index contributed by atoms with van der Waals surface area (Å²) in [5.41, 5.74) is 8.42. The molecule has 9 heteroatoms. The molecule has 2 N–H and O–H groups in total. The van der Waals surface area contributed by atoms with E-state index in [0.29, 0.717) is 48.8 Å². The van der Waals surface area contributed by atoms with Crippen molar-refractivity contribution in [1.29, 1.82) is 5.26 Å². The topological polar surface area (TPSA) is 85.8 Å². The van der Waals surface area contributed by atoms with Gasteiger partial charge < -0.3 is 20.3 Å². The molecular formula is C24H27ClFN5O2. The molecule has 7 nitrogen and oxygen atoms in total. The van der Waals surface area contributed by atoms with Gasteiger partial charge in [-0.2, -0.15) is 5.26 Å². The molecule has 174 valence electrons. The summed E-state index contributed by atoms with van der Waals surface area (Å²) < 4.78 is 19.2. The largest absolute Gasteiger partial charge is 0.476 e. The highest BCUT2D eigenvalue weighted by Gasteiger charge is 2.38. The number of rotatable bonds is 4. The van der Waals surface area contributed by atoms with Crippen LogP contribution in [0.5, 0.6) is 5.75 Å². The molecule has 2 heterocycles. The number of carbonyl (C=O) groups excluding carboxylic acids is 1. The van der Waals surface area contributed by atoms with Crippen molar-refractivity contribution in [3.05, 3.63) is 52.8 Å². The lowest BCUT2D eigenvalue weighted by Gasteiger charge is -2.41. The summed E-state index contributed by atoms with van der Waals surface area (Å²) in [5.74, 6) is 0.0208. The molecule has 1 saturated heterocycles. The Morgan fingerprint density at radius 1 is 1.30 bits per heavy atom. The summed E-state index contributed by atoms with van der Waals surface area (Å²) in [6.07, 6.45) is 3.21. The number of fused-ring (bicyclic) bond motifs is 1. The number of likely N-dealkylation sites (tertiary alicyclic amines) is 1. The molecular weight excluding hydrogens is 445 g/mol. The molecule has 1 amide bonds. The first-order valence-electron chi connectivity index (χ1n) is 10.9. The Labute approximate surface area is 198 Å². The first kappa shape index (κ1) is 23.1. The summed E-state index contributed by atoms with van der Waals surface area (Å²) in [5, 5.41) is 10.1. The SMILES string of the molecule is CN(C)c1cc2c(cc1Cl)N(C#N)CC(C(=O)N1CCC(N)(Cc3ccc(F)cc3)CC1)O2. The van der Waals surface area contributed by atoms with Crippen LogP contribution in [-0.2, 0) is 11.2 Å². The molecule has 0 saturated carbocycles. The van der Waals surface area contributed by atoms with Crippen LogP contribution in [0.1, 0.15) is 18.4 Å². The number of carbonyl (C=O) groups is 1. The summed E-state index contributed by atoms with van der Waals surface area (Å²) in [7, 11) is 3.72. The highest BCUT2D eigenvalue weighted by molar-refractivity contribution is 6.33. The Morgan fingerprint density at radius 3 is 2.58 bits per heavy atom. The van der Waals surface area contributed by atoms with Gasteiger partial charge in [0, 0.05) is 38.8 Å². The molecule has 1 atom stereocenters. The third kappa shape index (κ3) is 4.85. The van der Waals surface area contributed by atoms with Gasteiger partial charge in [-0.15, -0.1) is 0 Å². The fraction of sp³-hybridized carbons (Fsp3) is 0.417. The Kier molecular flexibility index (Phi) is 6.37. The van der Waals surface area contributed by atoms with E-state index in [1.807, 2.05) is 19.0 Å². The number of hydrogen-bond acceptors (Lipinski definition) is 6. The zero-order valence-corrected chi connectivity index (χ0v) is 19.5. The Hall–Kier alpha value is -3.02. The second kappa shape index (κ2) is 9.08. The van der Waals surface area contributed by atoms with Gasteiger partial charge in [0.2, 0.25) is 0 Å². The molecule has 1 fully saturated rings. The van der Waals surface area contributed by atoms with Gasteiger partial charge in [0.05, 0.1) is 22.9 Å². The van der Waals surface area contributed by atoms with Crippen LogP contribution < -0.4 is 20.3 Å². The van der Waals surface area contributed by atoms with Gasteiger partial charge in [0.1, 0.15) is 11.6 Å². The normalized spacial score (nSPS) is 19.3. The molecule has 0 aliphatic carbocycles. The average Bonchev–Trinajstić information content (AvgIpc) is 2.79. The molecule has 0 spiro atoms. The molecule has 0 radical (unpaired) electrons. The highest BCUT2D eigenvalue weighted by atomic mass is 35.5. The van der Waals surface area contributed by atoms with E-state index < -0.39 is 11.6 Å². The molecule has 0 aromatic heterocycles. The maximum Gasteiger partial charge on any atom is 0.265 e. The Balaban J connectivity index is 1.44. The third-order valence-electron chi connectivity index (χ3n) is 6.36. The summed E-state index contributed by atoms with van der Waals surface area (Å²) in [4.78, 5) is 18.3. The highest BCUT2D eigenvalue weighted by Crippen LogP contribution is 2.41. The van der Waals surface area contributed by atoms with E-state index in [1.54, 1.807) is 29.2 Å². The molecule has 4 rings (SSSR count). The summed E-state index contributed by atoms with van der Waals surface area (Å²) in [6.45, 7) is 1.12. The maximum absolute atomic E-state index is 13.3. The van der Waals surface area contributed by atoms with E-state index in [9.17, 15) is 14.4 Å². The zero-order chi connectivity index (χ0) is 23.8. The lowest BCUT2D eigenvalue weighted by molar-refractivity contribution is -0.140. The lowest BCUT2D eigenvalue weighted by atomic mass is 9.82. The second-order valence-electron chi connectivity index (χ2n) is 8.97. The number of piperidine rings is 1. The quantitative estimate of drug-likeness (QED) is 0.689. The number of hydrogen-bond donors (Lipinski definition) is 1. The first-order valence-corrected chi connectivity index (χ1v) is 11.2. The van der Waals surface area contributed by atoms with Crippen LogP contribution in [0.3, 0.4) is 0 Å². The van der Waals surface area contributed by atoms with Crippen LogP contribution in [0, 0.1) is 17.3 Å². The minimum absolute atomic E-state index is 0.125. The number of nitrogens with two attached hydrogens (primary N) is 1. The predicted octanol–water partition coefficient (Wildman–Crippen LogP) is 3.16. The summed E-state index contributed by atoms with van der Waals surface area (Å²) >= 11 is 6.35. The number of ether oxygens (including phenoxy) is 1. The fourth-order valence-corrected chi connectivity index (χ4v) is 4.75. The van der Waals surface area contributed by atoms with Crippen LogP contribution in [0.2, 0.25) is 5.02 Å². The Bertz CT molecular complexity index is 1080. The number of benzene rings is 2. The first-order chi connectivity index (χ1) is 15.7. The minimum Gasteiger partial charge on any atom is -0.476 e. The molecule has 0 bridgehead atoms. The number of nitriles is 1. The smallest absolute Gasteiger partial charge is 0.265 e. The minimum atomic E-state index is -0.796. The van der Waals surface area contributed by atoms with E-state index in [2.05, 4.69) is 6.19 Å². The van der Waals surface area contributed by atoms with Crippen molar-refractivity contribution in [2.24, 2.45) is 5.73 Å². The third-order valence-corrected chi connectivity index (χ3v) is 6.66. The van der Waals surface area contributed by atoms with Gasteiger partial charge in [-0.3, -0.25) is 9.69 Å². The Morgan fingerprint density at radius 2 is 1.97 bits per heavy atom. The number of amides is 1. The molecule has 33 heavy (non-hydrogen) atoms. The van der Waals surface area contributed by atoms with E-state index in [0.717, 1.165) is 11.3 Å². The van der Waals surface area contributed by atoms with Crippen LogP contribution in [0.25, 0.3) is 0 Å². The second-order valence-corrected chi connectivity index (χ2v) is 9.38. The van der Waals surface area contributed by atoms with Crippen molar-refractivity contribution in [2.45, 2.75) is 30.9 Å². The molecule has 2 aromatic carbocycles. The van der Waals surface area contributed by atoms with Crippen LogP contribution >= 0.6 is 11.6 Å². The van der Waals surface area contributed by atoms with Crippen LogP contribution in [0.4, 0.5) is 15.8 Å². The van der Waals surface area contributed by atoms with E-state index >= 15 is 0 Å². The van der Waals surface area contributed by atoms with Gasteiger partial charge in [-0.05, 0) is 43.0 Å². The standard InChI is InChI=1S/C24H27ClFN5O2/c1-29(2)19-12-21-20(11-18(19)25)31(15-27)14-22(33-21)23(32)30-9-7-24(28,8-10-30)13-16-3-5-17(26)6-4-16/h3-6,11-12,22H,7-10,13-14,28H2,1-2H3. The maximum atomic E-state index is 13.3. The van der Waals surface area contributed by atoms with Gasteiger partial charge in [0.15, 0.2) is 12.3 Å². The molecule has 2 aliphatic rings. The zero-order valence-electron chi connectivity index (χ0n) is 18.7. The molecule has 2 aromatic rings. The van der Waals surface area contributed by atoms with Crippen molar-refractivity contribution in [1.82, 2.24) is 4.90 Å². The van der Waals surface area contributed by atoms with Crippen molar-refractivity contribution in [3.63, 3.8) is 0 Å². The van der Waals surface area contributed by atoms with Gasteiger partial charge >= 0.3 is 0 Å². The predicted molar refractivity (Wildman–Crippen MR) is 126 cm³/mol. The van der Waals surface area contributed by atoms with Crippen molar-refractivity contribution in [3.8, 4) is 11.9 Å². The molecule has 1 unspecified atom stereocenters. The number of nitrogens with zero attached hydrogens (tertiary/aromatic N) is 4. The molecule has 2 aliphatic heterocycles. The lowest BCUT2D eigenvalue weighted by Crippen LogP contribution is -2.56. The number of anilines is 2.